The van der Waals surface area contributed by atoms with Crippen LogP contribution in [0.4, 0.5) is 5.69 Å². The lowest BCUT2D eigenvalue weighted by molar-refractivity contribution is 0.0714. The zero-order valence-corrected chi connectivity index (χ0v) is 16.9. The number of ether oxygens (including phenoxy) is 2. The van der Waals surface area contributed by atoms with Crippen molar-refractivity contribution in [3.63, 3.8) is 0 Å². The van der Waals surface area contributed by atoms with E-state index in [9.17, 15) is 4.79 Å². The minimum Gasteiger partial charge on any atom is -0.486 e. The van der Waals surface area contributed by atoms with Gasteiger partial charge in [-0.1, -0.05) is 0 Å². The van der Waals surface area contributed by atoms with Crippen LogP contribution in [0, 0.1) is 0 Å². The van der Waals surface area contributed by atoms with Crippen LogP contribution in [0.1, 0.15) is 46.5 Å². The highest BCUT2D eigenvalue weighted by Crippen LogP contribution is 2.34. The molecular weight excluding hydrogens is 372 g/mol. The number of benzene rings is 1. The largest absolute Gasteiger partial charge is 0.486 e. The number of piperidine rings is 1. The Labute approximate surface area is 169 Å². The van der Waals surface area contributed by atoms with Gasteiger partial charge in [0.2, 0.25) is 0 Å². The van der Waals surface area contributed by atoms with E-state index in [-0.39, 0.29) is 11.9 Å². The third kappa shape index (κ3) is 3.46. The van der Waals surface area contributed by atoms with E-state index in [1.807, 2.05) is 23.1 Å². The van der Waals surface area contributed by atoms with Crippen molar-refractivity contribution in [1.29, 1.82) is 0 Å². The number of likely N-dealkylation sites (tertiary alicyclic amines) is 1. The Bertz CT molecular complexity index is 879. The van der Waals surface area contributed by atoms with E-state index in [1.165, 1.54) is 23.3 Å². The zero-order chi connectivity index (χ0) is 18.9. The molecule has 0 bridgehead atoms. The van der Waals surface area contributed by atoms with Crippen molar-refractivity contribution >= 4 is 22.9 Å². The van der Waals surface area contributed by atoms with Crippen LogP contribution in [0.5, 0.6) is 11.5 Å². The molecule has 1 amide bonds. The molecule has 1 aromatic carbocycles. The summed E-state index contributed by atoms with van der Waals surface area (Å²) < 4.78 is 11.3. The number of amides is 1. The summed E-state index contributed by atoms with van der Waals surface area (Å²) in [7, 11) is 0. The Balaban J connectivity index is 1.27. The smallest absolute Gasteiger partial charge is 0.255 e. The fourth-order valence-corrected chi connectivity index (χ4v) is 5.61. The van der Waals surface area contributed by atoms with E-state index in [4.69, 9.17) is 9.47 Å². The maximum atomic E-state index is 13.2. The molecular formula is C22H26N2O3S. The van der Waals surface area contributed by atoms with E-state index < -0.39 is 0 Å². The zero-order valence-electron chi connectivity index (χ0n) is 16.0. The van der Waals surface area contributed by atoms with Crippen molar-refractivity contribution in [2.45, 2.75) is 44.6 Å². The molecule has 1 aromatic heterocycles. The van der Waals surface area contributed by atoms with E-state index >= 15 is 0 Å². The predicted octanol–water partition coefficient (Wildman–Crippen LogP) is 4.11. The summed E-state index contributed by atoms with van der Waals surface area (Å²) in [6, 6.07) is 6.25. The molecule has 0 radical (unpaired) electrons. The van der Waals surface area contributed by atoms with E-state index in [0.717, 1.165) is 61.5 Å². The molecule has 5 rings (SSSR count). The number of aryl methyl sites for hydroxylation is 1. The molecule has 28 heavy (non-hydrogen) atoms. The SMILES string of the molecule is O=C(c1csc2c1CCCC2)N1CCCC(Nc2ccc3c(c2)OCCO3)C1. The Morgan fingerprint density at radius 1 is 1.11 bits per heavy atom. The van der Waals surface area contributed by atoms with Gasteiger partial charge >= 0.3 is 0 Å². The second-order valence-corrected chi connectivity index (χ2v) is 8.82. The normalized spacial score (nSPS) is 21.1. The van der Waals surface area contributed by atoms with Gasteiger partial charge in [0.25, 0.3) is 5.91 Å². The molecule has 148 valence electrons. The Hall–Kier alpha value is -2.21. The van der Waals surface area contributed by atoms with Crippen molar-refractivity contribution in [3.8, 4) is 11.5 Å². The second kappa shape index (κ2) is 7.66. The lowest BCUT2D eigenvalue weighted by atomic mass is 9.95. The number of nitrogens with one attached hydrogen (secondary N) is 1. The average Bonchev–Trinajstić information content (AvgIpc) is 3.17. The van der Waals surface area contributed by atoms with Crippen molar-refractivity contribution in [1.82, 2.24) is 4.90 Å². The second-order valence-electron chi connectivity index (χ2n) is 7.85. The molecule has 3 heterocycles. The molecule has 1 unspecified atom stereocenters. The van der Waals surface area contributed by atoms with Gasteiger partial charge in [0.15, 0.2) is 11.5 Å². The highest BCUT2D eigenvalue weighted by Gasteiger charge is 2.28. The fraction of sp³-hybridized carbons (Fsp3) is 0.500. The van der Waals surface area contributed by atoms with Crippen molar-refractivity contribution in [3.05, 3.63) is 39.6 Å². The summed E-state index contributed by atoms with van der Waals surface area (Å²) in [5, 5.41) is 5.69. The summed E-state index contributed by atoms with van der Waals surface area (Å²) in [5.41, 5.74) is 3.30. The molecule has 1 aliphatic carbocycles. The minimum atomic E-state index is 0.216. The van der Waals surface area contributed by atoms with Gasteiger partial charge < -0.3 is 19.7 Å². The fourth-order valence-electron chi connectivity index (χ4n) is 4.49. The number of rotatable bonds is 3. The summed E-state index contributed by atoms with van der Waals surface area (Å²) in [6.07, 6.45) is 6.76. The van der Waals surface area contributed by atoms with Gasteiger partial charge in [-0.2, -0.15) is 0 Å². The molecule has 0 saturated carbocycles. The number of hydrogen-bond acceptors (Lipinski definition) is 5. The standard InChI is InChI=1S/C22H26N2O3S/c25-22(18-14-28-21-6-2-1-5-17(18)21)24-9-3-4-16(13-24)23-15-7-8-19-20(12-15)27-11-10-26-19/h7-8,12,14,16,23H,1-6,9-11,13H2. The van der Waals surface area contributed by atoms with Crippen molar-refractivity contribution in [2.24, 2.45) is 0 Å². The number of hydrogen-bond donors (Lipinski definition) is 1. The minimum absolute atomic E-state index is 0.216. The Morgan fingerprint density at radius 3 is 2.89 bits per heavy atom. The van der Waals surface area contributed by atoms with Crippen LogP contribution in [-0.2, 0) is 12.8 Å². The van der Waals surface area contributed by atoms with Crippen LogP contribution in [-0.4, -0.2) is 43.2 Å². The number of thiophene rings is 1. The first kappa shape index (κ1) is 17.9. The van der Waals surface area contributed by atoms with Crippen molar-refractivity contribution in [2.75, 3.05) is 31.6 Å². The van der Waals surface area contributed by atoms with E-state index in [1.54, 1.807) is 11.3 Å². The molecule has 1 saturated heterocycles. The topological polar surface area (TPSA) is 50.8 Å². The maximum absolute atomic E-state index is 13.2. The Morgan fingerprint density at radius 2 is 1.96 bits per heavy atom. The van der Waals surface area contributed by atoms with Crippen LogP contribution in [0.15, 0.2) is 23.6 Å². The van der Waals surface area contributed by atoms with E-state index in [2.05, 4.69) is 10.7 Å². The van der Waals surface area contributed by atoms with Crippen LogP contribution >= 0.6 is 11.3 Å². The number of fused-ring (bicyclic) bond motifs is 2. The van der Waals surface area contributed by atoms with Gasteiger partial charge in [0, 0.05) is 41.1 Å². The Kier molecular flexibility index (Phi) is 4.89. The third-order valence-corrected chi connectivity index (χ3v) is 7.00. The summed E-state index contributed by atoms with van der Waals surface area (Å²) >= 11 is 1.77. The lowest BCUT2D eigenvalue weighted by Crippen LogP contribution is -2.45. The summed E-state index contributed by atoms with van der Waals surface area (Å²) in [5.74, 6) is 1.82. The molecule has 5 nitrogen and oxygen atoms in total. The third-order valence-electron chi connectivity index (χ3n) is 5.91. The van der Waals surface area contributed by atoms with Crippen LogP contribution in [0.25, 0.3) is 0 Å². The molecule has 3 aliphatic rings. The molecule has 0 spiro atoms. The van der Waals surface area contributed by atoms with Crippen molar-refractivity contribution < 1.29 is 14.3 Å². The molecule has 2 aliphatic heterocycles. The summed E-state index contributed by atoms with van der Waals surface area (Å²) in [6.45, 7) is 2.79. The predicted molar refractivity (Wildman–Crippen MR) is 111 cm³/mol. The van der Waals surface area contributed by atoms with Crippen LogP contribution < -0.4 is 14.8 Å². The van der Waals surface area contributed by atoms with Crippen LogP contribution in [0.2, 0.25) is 0 Å². The quantitative estimate of drug-likeness (QED) is 0.845. The van der Waals surface area contributed by atoms with Gasteiger partial charge in [0.05, 0.1) is 5.56 Å². The molecule has 1 fully saturated rings. The number of anilines is 1. The van der Waals surface area contributed by atoms with Gasteiger partial charge in [-0.05, 0) is 56.2 Å². The van der Waals surface area contributed by atoms with E-state index in [0.29, 0.717) is 13.2 Å². The number of carbonyl (C=O) groups excluding carboxylic acids is 1. The average molecular weight is 399 g/mol. The molecule has 1 atom stereocenters. The van der Waals surface area contributed by atoms with Gasteiger partial charge in [-0.15, -0.1) is 11.3 Å². The molecule has 2 aromatic rings. The van der Waals surface area contributed by atoms with Gasteiger partial charge in [-0.3, -0.25) is 4.79 Å². The summed E-state index contributed by atoms with van der Waals surface area (Å²) in [4.78, 5) is 16.7. The lowest BCUT2D eigenvalue weighted by Gasteiger charge is -2.34. The number of nitrogens with zero attached hydrogens (tertiary/aromatic N) is 1. The maximum Gasteiger partial charge on any atom is 0.255 e. The van der Waals surface area contributed by atoms with Gasteiger partial charge in [-0.25, -0.2) is 0 Å². The first-order chi connectivity index (χ1) is 13.8. The highest BCUT2D eigenvalue weighted by molar-refractivity contribution is 7.10. The first-order valence-corrected chi connectivity index (χ1v) is 11.2. The molecule has 1 N–H and O–H groups in total. The highest BCUT2D eigenvalue weighted by atomic mass is 32.1. The first-order valence-electron chi connectivity index (χ1n) is 10.3. The van der Waals surface area contributed by atoms with Crippen LogP contribution in [0.3, 0.4) is 0 Å². The molecule has 6 heteroatoms. The monoisotopic (exact) mass is 398 g/mol. The van der Waals surface area contributed by atoms with Gasteiger partial charge in [0.1, 0.15) is 13.2 Å². The number of carbonyl (C=O) groups is 1.